The zero-order chi connectivity index (χ0) is 12.4. The molecule has 1 saturated heterocycles. The van der Waals surface area contributed by atoms with Gasteiger partial charge in [0.05, 0.1) is 0 Å². The van der Waals surface area contributed by atoms with Gasteiger partial charge in [0, 0.05) is 30.7 Å². The summed E-state index contributed by atoms with van der Waals surface area (Å²) in [5.74, 6) is 0.719. The maximum absolute atomic E-state index is 3.56. The summed E-state index contributed by atoms with van der Waals surface area (Å²) in [6, 6.07) is 9.79. The first-order chi connectivity index (χ1) is 8.92. The van der Waals surface area contributed by atoms with Crippen molar-refractivity contribution in [1.29, 1.82) is 0 Å². The fraction of sp³-hybridized carbons (Fsp3) is 0.625. The van der Waals surface area contributed by atoms with Crippen LogP contribution in [0.25, 0.3) is 0 Å². The fourth-order valence-electron chi connectivity index (χ4n) is 3.59. The third kappa shape index (κ3) is 2.03. The van der Waals surface area contributed by atoms with Crippen molar-refractivity contribution in [2.45, 2.75) is 44.6 Å². The predicted molar refractivity (Wildman–Crippen MR) is 77.3 cm³/mol. The molecule has 1 aromatic carbocycles. The smallest absolute Gasteiger partial charge is 0.0405 e. The van der Waals surface area contributed by atoms with Crippen molar-refractivity contribution in [2.24, 2.45) is 0 Å². The second kappa shape index (κ2) is 5.31. The van der Waals surface area contributed by atoms with Crippen LogP contribution in [0.3, 0.4) is 0 Å². The Morgan fingerprint density at radius 1 is 1.28 bits per heavy atom. The van der Waals surface area contributed by atoms with Crippen molar-refractivity contribution in [3.05, 3.63) is 29.8 Å². The van der Waals surface area contributed by atoms with Gasteiger partial charge in [-0.1, -0.05) is 38.0 Å². The zero-order valence-corrected chi connectivity index (χ0v) is 11.4. The third-order valence-electron chi connectivity index (χ3n) is 4.49. The largest absolute Gasteiger partial charge is 0.368 e. The van der Waals surface area contributed by atoms with Crippen LogP contribution in [0.2, 0.25) is 0 Å². The van der Waals surface area contributed by atoms with Crippen LogP contribution in [0.4, 0.5) is 5.69 Å². The molecule has 0 radical (unpaired) electrons. The highest BCUT2D eigenvalue weighted by Gasteiger charge is 2.38. The number of anilines is 1. The summed E-state index contributed by atoms with van der Waals surface area (Å²) < 4.78 is 0. The molecule has 1 N–H and O–H groups in total. The highest BCUT2D eigenvalue weighted by atomic mass is 15.2. The molecule has 2 atom stereocenters. The Hall–Kier alpha value is -1.02. The summed E-state index contributed by atoms with van der Waals surface area (Å²) in [6.45, 7) is 5.86. The number of unbranched alkanes of at least 4 members (excludes halogenated alkanes) is 2. The van der Waals surface area contributed by atoms with Crippen molar-refractivity contribution in [2.75, 3.05) is 24.5 Å². The highest BCUT2D eigenvalue weighted by Crippen LogP contribution is 2.42. The molecule has 0 unspecified atom stereocenters. The van der Waals surface area contributed by atoms with Gasteiger partial charge in [-0.2, -0.15) is 0 Å². The van der Waals surface area contributed by atoms with Crippen LogP contribution >= 0.6 is 0 Å². The van der Waals surface area contributed by atoms with E-state index in [1.807, 2.05) is 0 Å². The fourth-order valence-corrected chi connectivity index (χ4v) is 3.59. The molecule has 1 aromatic rings. The van der Waals surface area contributed by atoms with E-state index in [0.717, 1.165) is 18.5 Å². The lowest BCUT2D eigenvalue weighted by Crippen LogP contribution is -2.44. The minimum Gasteiger partial charge on any atom is -0.368 e. The Balaban J connectivity index is 1.83. The van der Waals surface area contributed by atoms with Crippen molar-refractivity contribution >= 4 is 5.69 Å². The number of nitrogens with zero attached hydrogens (tertiary/aromatic N) is 1. The Bertz CT molecular complexity index is 402. The number of benzene rings is 1. The minimum atomic E-state index is 0.719. The Labute approximate surface area is 110 Å². The standard InChI is InChI=1S/C16H24N2/c1-2-3-6-11-18-15-8-5-4-7-13(15)14-12-17-10-9-16(14)18/h4-5,7-8,14,16-17H,2-3,6,9-12H2,1H3/t14-,16+/m1/s1. The molecule has 3 rings (SSSR count). The van der Waals surface area contributed by atoms with Gasteiger partial charge in [0.1, 0.15) is 0 Å². The van der Waals surface area contributed by atoms with Gasteiger partial charge < -0.3 is 10.2 Å². The summed E-state index contributed by atoms with van der Waals surface area (Å²) in [7, 11) is 0. The van der Waals surface area contributed by atoms with Crippen LogP contribution in [-0.2, 0) is 0 Å². The average molecular weight is 244 g/mol. The second-order valence-electron chi connectivity index (χ2n) is 5.63. The average Bonchev–Trinajstić information content (AvgIpc) is 2.74. The van der Waals surface area contributed by atoms with E-state index in [1.54, 1.807) is 5.56 Å². The Morgan fingerprint density at radius 3 is 3.06 bits per heavy atom. The maximum atomic E-state index is 3.56. The van der Waals surface area contributed by atoms with Gasteiger partial charge in [-0.15, -0.1) is 0 Å². The molecule has 0 amide bonds. The van der Waals surface area contributed by atoms with Crippen molar-refractivity contribution < 1.29 is 0 Å². The number of hydrogen-bond acceptors (Lipinski definition) is 2. The van der Waals surface area contributed by atoms with Crippen molar-refractivity contribution in [3.63, 3.8) is 0 Å². The van der Waals surface area contributed by atoms with Crippen molar-refractivity contribution in [1.82, 2.24) is 5.32 Å². The van der Waals surface area contributed by atoms with Crippen LogP contribution in [-0.4, -0.2) is 25.7 Å². The first kappa shape index (κ1) is 12.0. The molecule has 0 bridgehead atoms. The quantitative estimate of drug-likeness (QED) is 0.819. The summed E-state index contributed by atoms with van der Waals surface area (Å²) in [6.07, 6.45) is 5.30. The zero-order valence-electron chi connectivity index (χ0n) is 11.4. The lowest BCUT2D eigenvalue weighted by Gasteiger charge is -2.34. The molecule has 0 aromatic heterocycles. The minimum absolute atomic E-state index is 0.719. The molecular formula is C16H24N2. The number of para-hydroxylation sites is 1. The van der Waals surface area contributed by atoms with E-state index >= 15 is 0 Å². The topological polar surface area (TPSA) is 15.3 Å². The SMILES string of the molecule is CCCCCN1c2ccccc2[C@H]2CNCC[C@@H]21. The van der Waals surface area contributed by atoms with E-state index in [-0.39, 0.29) is 0 Å². The van der Waals surface area contributed by atoms with E-state index < -0.39 is 0 Å². The highest BCUT2D eigenvalue weighted by molar-refractivity contribution is 5.62. The Kier molecular flexibility index (Phi) is 3.55. The molecule has 18 heavy (non-hydrogen) atoms. The maximum Gasteiger partial charge on any atom is 0.0405 e. The molecule has 0 aliphatic carbocycles. The number of piperidine rings is 1. The van der Waals surface area contributed by atoms with Crippen LogP contribution < -0.4 is 10.2 Å². The van der Waals surface area contributed by atoms with Crippen LogP contribution in [0, 0.1) is 0 Å². The first-order valence-electron chi connectivity index (χ1n) is 7.48. The normalized spacial score (nSPS) is 25.9. The van der Waals surface area contributed by atoms with E-state index in [4.69, 9.17) is 0 Å². The number of hydrogen-bond donors (Lipinski definition) is 1. The molecular weight excluding hydrogens is 220 g/mol. The van der Waals surface area contributed by atoms with Gasteiger partial charge in [0.2, 0.25) is 0 Å². The number of fused-ring (bicyclic) bond motifs is 3. The Morgan fingerprint density at radius 2 is 2.17 bits per heavy atom. The first-order valence-corrected chi connectivity index (χ1v) is 7.48. The molecule has 2 heterocycles. The van der Waals surface area contributed by atoms with Gasteiger partial charge >= 0.3 is 0 Å². The van der Waals surface area contributed by atoms with Gasteiger partial charge in [-0.3, -0.25) is 0 Å². The van der Waals surface area contributed by atoms with Crippen LogP contribution in [0.1, 0.15) is 44.1 Å². The molecule has 2 heteroatoms. The van der Waals surface area contributed by atoms with Gasteiger partial charge in [0.15, 0.2) is 0 Å². The molecule has 98 valence electrons. The molecule has 0 saturated carbocycles. The lowest BCUT2D eigenvalue weighted by molar-refractivity contribution is 0.400. The van der Waals surface area contributed by atoms with E-state index in [2.05, 4.69) is 41.4 Å². The molecule has 2 aliphatic heterocycles. The predicted octanol–water partition coefficient (Wildman–Crippen LogP) is 3.14. The number of rotatable bonds is 4. The van der Waals surface area contributed by atoms with E-state index in [1.165, 1.54) is 44.5 Å². The summed E-state index contributed by atoms with van der Waals surface area (Å²) in [5.41, 5.74) is 3.08. The van der Waals surface area contributed by atoms with E-state index in [0.29, 0.717) is 0 Å². The molecule has 0 spiro atoms. The summed E-state index contributed by atoms with van der Waals surface area (Å²) in [5, 5.41) is 3.56. The van der Waals surface area contributed by atoms with Gasteiger partial charge in [-0.25, -0.2) is 0 Å². The van der Waals surface area contributed by atoms with Crippen molar-refractivity contribution in [3.8, 4) is 0 Å². The monoisotopic (exact) mass is 244 g/mol. The number of nitrogens with one attached hydrogen (secondary N) is 1. The second-order valence-corrected chi connectivity index (χ2v) is 5.63. The molecule has 1 fully saturated rings. The molecule has 2 aliphatic rings. The lowest BCUT2D eigenvalue weighted by atomic mass is 9.90. The van der Waals surface area contributed by atoms with Gasteiger partial charge in [-0.05, 0) is 31.0 Å². The van der Waals surface area contributed by atoms with Crippen LogP contribution in [0.5, 0.6) is 0 Å². The summed E-state index contributed by atoms with van der Waals surface area (Å²) in [4.78, 5) is 2.69. The molecule has 2 nitrogen and oxygen atoms in total. The van der Waals surface area contributed by atoms with Gasteiger partial charge in [0.25, 0.3) is 0 Å². The van der Waals surface area contributed by atoms with E-state index in [9.17, 15) is 0 Å². The van der Waals surface area contributed by atoms with Crippen LogP contribution in [0.15, 0.2) is 24.3 Å². The third-order valence-corrected chi connectivity index (χ3v) is 4.49. The summed E-state index contributed by atoms with van der Waals surface area (Å²) >= 11 is 0.